The number of ether oxygens (including phenoxy) is 11. The van der Waals surface area contributed by atoms with Gasteiger partial charge in [-0.25, -0.2) is 0 Å². The Morgan fingerprint density at radius 3 is 1.36 bits per heavy atom. The number of hydrogen-bond acceptors (Lipinski definition) is 13. The van der Waals surface area contributed by atoms with Crippen molar-refractivity contribution in [2.75, 3.05) is 41.7 Å². The highest BCUT2D eigenvalue weighted by Gasteiger charge is 2.53. The van der Waals surface area contributed by atoms with Crippen LogP contribution in [0.3, 0.4) is 0 Å². The average Bonchev–Trinajstić information content (AvgIpc) is 3.30. The molecule has 2 heterocycles. The van der Waals surface area contributed by atoms with Crippen molar-refractivity contribution < 1.29 is 52.1 Å². The molecule has 0 saturated carbocycles. The van der Waals surface area contributed by atoms with E-state index in [9.17, 15) is 11.1 Å². The summed E-state index contributed by atoms with van der Waals surface area (Å²) in [6, 6.07) is 32.0. The Balaban J connectivity index is 1.34. The zero-order chi connectivity index (χ0) is 42.8. The van der Waals surface area contributed by atoms with Crippen LogP contribution in [-0.2, 0) is 69.1 Å². The third-order valence-electron chi connectivity index (χ3n) is 10.4. The molecule has 0 unspecified atom stereocenters. The van der Waals surface area contributed by atoms with Crippen molar-refractivity contribution in [2.45, 2.75) is 87.7 Å². The highest BCUT2D eigenvalue weighted by molar-refractivity contribution is 5.27. The fourth-order valence-corrected chi connectivity index (χ4v) is 7.27. The summed E-state index contributed by atoms with van der Waals surface area (Å²) in [5, 5.41) is 8.28. The van der Waals surface area contributed by atoms with E-state index in [1.807, 2.05) is 109 Å². The lowest BCUT2D eigenvalue weighted by molar-refractivity contribution is -0.336. The molecule has 0 aromatic heterocycles. The molecule has 61 heavy (non-hydrogen) atoms. The smallest absolute Gasteiger partial charge is 0.169 e. The molecule has 324 valence electrons. The maximum atomic E-state index is 10.0. The van der Waals surface area contributed by atoms with E-state index in [4.69, 9.17) is 52.1 Å². The predicted octanol–water partition coefficient (Wildman–Crippen LogP) is 7.46. The van der Waals surface area contributed by atoms with E-state index in [1.165, 1.54) is 14.2 Å². The molecular weight excluding hydrogens is 789 g/mol. The van der Waals surface area contributed by atoms with Gasteiger partial charge in [0.15, 0.2) is 12.6 Å². The zero-order valence-electron chi connectivity index (χ0n) is 34.6. The van der Waals surface area contributed by atoms with Gasteiger partial charge in [-0.3, -0.25) is 0 Å². The molecule has 17 heteroatoms. The van der Waals surface area contributed by atoms with Crippen LogP contribution in [0.15, 0.2) is 119 Å². The Labute approximate surface area is 354 Å². The summed E-state index contributed by atoms with van der Waals surface area (Å²) in [5.74, 6) is 1.37. The standard InChI is InChI=1S/C44H52N6O11/c1-51-33-19-15-31(16-20-33)25-57-41-38(48-50-46)44(60-35(39(41)53-3)27-55-23-29-11-7-5-8-12-29)61-40-36(28-56-24-30-13-9-6-10-14-30)59-43(54-4)37(47-49-45)42(40)58-26-32-17-21-34(52-2)22-18-32/h5-22,35-44H,23-28H2,1-4H3/t35-,36-,37-,38-,39+,40+,41-,42-,43+,44-/m1/s1. The number of azide groups is 2. The highest BCUT2D eigenvalue weighted by Crippen LogP contribution is 2.36. The molecule has 2 aliphatic heterocycles. The minimum absolute atomic E-state index is 0.00538. The van der Waals surface area contributed by atoms with E-state index in [0.29, 0.717) is 18.1 Å². The molecule has 0 N–H and O–H groups in total. The Kier molecular flexibility index (Phi) is 17.6. The normalized spacial score (nSPS) is 26.1. The number of methoxy groups -OCH3 is 4. The van der Waals surface area contributed by atoms with Gasteiger partial charge in [0.1, 0.15) is 60.2 Å². The van der Waals surface area contributed by atoms with E-state index >= 15 is 0 Å². The molecule has 2 aliphatic rings. The molecule has 4 aromatic carbocycles. The van der Waals surface area contributed by atoms with Gasteiger partial charge in [-0.1, -0.05) is 95.2 Å². The van der Waals surface area contributed by atoms with E-state index < -0.39 is 61.3 Å². The summed E-state index contributed by atoms with van der Waals surface area (Å²) in [6.45, 7) is 0.840. The second-order valence-electron chi connectivity index (χ2n) is 14.3. The topological polar surface area (TPSA) is 199 Å². The van der Waals surface area contributed by atoms with E-state index in [2.05, 4.69) is 20.1 Å². The van der Waals surface area contributed by atoms with E-state index in [0.717, 1.165) is 22.3 Å². The van der Waals surface area contributed by atoms with Crippen molar-refractivity contribution in [1.29, 1.82) is 0 Å². The first kappa shape index (κ1) is 45.3. The Bertz CT molecular complexity index is 1990. The monoisotopic (exact) mass is 840 g/mol. The largest absolute Gasteiger partial charge is 0.497 e. The van der Waals surface area contributed by atoms with Crippen molar-refractivity contribution >= 4 is 0 Å². The quantitative estimate of drug-likeness (QED) is 0.0432. The molecule has 0 aliphatic carbocycles. The molecule has 0 spiro atoms. The van der Waals surface area contributed by atoms with Crippen LogP contribution in [0.4, 0.5) is 0 Å². The zero-order valence-corrected chi connectivity index (χ0v) is 34.6. The molecule has 0 bridgehead atoms. The second kappa shape index (κ2) is 23.7. The Morgan fingerprint density at radius 1 is 0.492 bits per heavy atom. The van der Waals surface area contributed by atoms with Crippen molar-refractivity contribution in [3.63, 3.8) is 0 Å². The molecule has 4 aromatic rings. The molecule has 17 nitrogen and oxygen atoms in total. The van der Waals surface area contributed by atoms with Gasteiger partial charge in [-0.2, -0.15) is 0 Å². The third kappa shape index (κ3) is 12.4. The molecule has 0 amide bonds. The van der Waals surface area contributed by atoms with Crippen LogP contribution >= 0.6 is 0 Å². The molecule has 6 rings (SSSR count). The molecule has 10 atom stereocenters. The Hall–Kier alpha value is -5.26. The summed E-state index contributed by atoms with van der Waals surface area (Å²) in [7, 11) is 6.17. The summed E-state index contributed by atoms with van der Waals surface area (Å²) in [5.41, 5.74) is 23.4. The fraction of sp³-hybridized carbons (Fsp3) is 0.455. The minimum Gasteiger partial charge on any atom is -0.497 e. The van der Waals surface area contributed by atoms with Crippen LogP contribution in [0.25, 0.3) is 20.9 Å². The highest BCUT2D eigenvalue weighted by atomic mass is 16.7. The van der Waals surface area contributed by atoms with Crippen molar-refractivity contribution in [3.8, 4) is 11.5 Å². The summed E-state index contributed by atoms with van der Waals surface area (Å²) in [6.07, 6.45) is -7.69. The van der Waals surface area contributed by atoms with Crippen LogP contribution in [0.1, 0.15) is 22.3 Å². The number of nitrogens with zero attached hydrogens (tertiary/aromatic N) is 6. The minimum atomic E-state index is -1.28. The maximum Gasteiger partial charge on any atom is 0.169 e. The molecular formula is C44H52N6O11. The number of hydrogen-bond donors (Lipinski definition) is 0. The molecule has 2 saturated heterocycles. The maximum absolute atomic E-state index is 10.0. The third-order valence-corrected chi connectivity index (χ3v) is 10.4. The van der Waals surface area contributed by atoms with Crippen molar-refractivity contribution in [1.82, 2.24) is 0 Å². The summed E-state index contributed by atoms with van der Waals surface area (Å²) in [4.78, 5) is 6.33. The average molecular weight is 841 g/mol. The van der Waals surface area contributed by atoms with Gasteiger partial charge in [-0.05, 0) is 57.6 Å². The first-order valence-corrected chi connectivity index (χ1v) is 19.8. The van der Waals surface area contributed by atoms with Gasteiger partial charge in [0, 0.05) is 24.0 Å². The molecule has 2 fully saturated rings. The lowest BCUT2D eigenvalue weighted by Crippen LogP contribution is -2.65. The van der Waals surface area contributed by atoms with Gasteiger partial charge in [0.25, 0.3) is 0 Å². The summed E-state index contributed by atoms with van der Waals surface area (Å²) >= 11 is 0. The van der Waals surface area contributed by atoms with Crippen molar-refractivity contribution in [3.05, 3.63) is 152 Å². The first-order valence-electron chi connectivity index (χ1n) is 19.8. The van der Waals surface area contributed by atoms with Crippen LogP contribution < -0.4 is 9.47 Å². The lowest BCUT2D eigenvalue weighted by atomic mass is 9.94. The van der Waals surface area contributed by atoms with Crippen LogP contribution in [-0.4, -0.2) is 103 Å². The van der Waals surface area contributed by atoms with Crippen molar-refractivity contribution in [2.24, 2.45) is 10.2 Å². The first-order chi connectivity index (χ1) is 30.0. The number of benzene rings is 4. The molecule has 0 radical (unpaired) electrons. The van der Waals surface area contributed by atoms with Gasteiger partial charge < -0.3 is 52.1 Å². The van der Waals surface area contributed by atoms with Crippen LogP contribution in [0.2, 0.25) is 0 Å². The summed E-state index contributed by atoms with van der Waals surface area (Å²) < 4.78 is 68.2. The predicted molar refractivity (Wildman–Crippen MR) is 221 cm³/mol. The van der Waals surface area contributed by atoms with Crippen LogP contribution in [0.5, 0.6) is 11.5 Å². The van der Waals surface area contributed by atoms with Gasteiger partial charge >= 0.3 is 0 Å². The Morgan fingerprint density at radius 2 is 0.918 bits per heavy atom. The second-order valence-corrected chi connectivity index (χ2v) is 14.3. The van der Waals surface area contributed by atoms with E-state index in [-0.39, 0.29) is 33.0 Å². The van der Waals surface area contributed by atoms with Gasteiger partial charge in [-0.15, -0.1) is 0 Å². The number of rotatable bonds is 22. The lowest BCUT2D eigenvalue weighted by Gasteiger charge is -2.49. The van der Waals surface area contributed by atoms with Gasteiger partial charge in [0.05, 0.1) is 53.9 Å². The SMILES string of the molecule is COc1ccc(CO[C@@H]2[C@@H](N=[N+]=[N-])[C@@H](O[C@@H]3[C@H](OCc4ccc(OC)cc4)[C@@H](N=[N+]=[N-])[C@@H](OC)O[C@@H]3COCc3ccccc3)O[C@H](COCc3ccccc3)[C@@H]2OC)cc1. The fourth-order valence-electron chi connectivity index (χ4n) is 7.27. The van der Waals surface area contributed by atoms with Crippen LogP contribution in [0, 0.1) is 0 Å². The van der Waals surface area contributed by atoms with Gasteiger partial charge in [0.2, 0.25) is 0 Å². The van der Waals surface area contributed by atoms with E-state index in [1.54, 1.807) is 14.2 Å².